The number of hydrogen-bond donors (Lipinski definition) is 0. The van der Waals surface area contributed by atoms with E-state index >= 15 is 0 Å². The molecular weight excluding hydrogens is 566 g/mol. The van der Waals surface area contributed by atoms with Gasteiger partial charge in [0.15, 0.2) is 6.10 Å². The monoisotopic (exact) mass is 607 g/mol. The minimum Gasteiger partial charge on any atom is -0.462 e. The van der Waals surface area contributed by atoms with Crippen LogP contribution in [0.1, 0.15) is 81.5 Å². The molecule has 3 fully saturated rings. The first kappa shape index (κ1) is 31.6. The first-order chi connectivity index (χ1) is 20.8. The predicted molar refractivity (Wildman–Crippen MR) is 157 cm³/mol. The van der Waals surface area contributed by atoms with Crippen LogP contribution >= 0.6 is 0 Å². The van der Waals surface area contributed by atoms with E-state index in [0.29, 0.717) is 24.8 Å². The Labute approximate surface area is 257 Å². The molecule has 2 aromatic rings. The Bertz CT molecular complexity index is 1390. The van der Waals surface area contributed by atoms with Crippen LogP contribution in [0.25, 0.3) is 0 Å². The van der Waals surface area contributed by atoms with Crippen molar-refractivity contribution in [1.29, 1.82) is 0 Å². The number of hydrogen-bond acceptors (Lipinski definition) is 10. The molecule has 2 saturated carbocycles. The molecule has 3 aliphatic rings. The molecule has 2 aliphatic carbocycles. The molecule has 1 aromatic heterocycles. The van der Waals surface area contributed by atoms with Crippen LogP contribution in [-0.2, 0) is 33.3 Å². The average Bonchev–Trinajstić information content (AvgIpc) is 3.25. The summed E-state index contributed by atoms with van der Waals surface area (Å²) < 4.78 is 31.8. The predicted octanol–water partition coefficient (Wildman–Crippen LogP) is 4.95. The molecule has 44 heavy (non-hydrogen) atoms. The first-order valence-electron chi connectivity index (χ1n) is 15.2. The van der Waals surface area contributed by atoms with Gasteiger partial charge < -0.3 is 23.7 Å². The van der Waals surface area contributed by atoms with Crippen molar-refractivity contribution in [3.05, 3.63) is 66.0 Å². The smallest absolute Gasteiger partial charge is 0.339 e. The third-order valence-electron chi connectivity index (χ3n) is 9.70. The number of pyridine rings is 1. The second-order valence-corrected chi connectivity index (χ2v) is 13.1. The molecule has 10 heteroatoms. The molecule has 0 amide bonds. The molecule has 5 rings (SSSR count). The third kappa shape index (κ3) is 5.38. The summed E-state index contributed by atoms with van der Waals surface area (Å²) in [6.45, 7) is 10.4. The third-order valence-corrected chi connectivity index (χ3v) is 9.70. The van der Waals surface area contributed by atoms with Crippen LogP contribution in [0, 0.1) is 23.2 Å². The van der Waals surface area contributed by atoms with Gasteiger partial charge in [-0.25, -0.2) is 9.59 Å². The van der Waals surface area contributed by atoms with Gasteiger partial charge in [-0.2, -0.15) is 0 Å². The van der Waals surface area contributed by atoms with E-state index in [0.717, 1.165) is 0 Å². The number of nitrogens with zero attached hydrogens (tertiary/aromatic N) is 1. The van der Waals surface area contributed by atoms with E-state index in [1.54, 1.807) is 62.5 Å². The molecule has 1 aromatic carbocycles. The Balaban J connectivity index is 1.71. The summed E-state index contributed by atoms with van der Waals surface area (Å²) in [5, 5.41) is 0. The van der Waals surface area contributed by atoms with Gasteiger partial charge in [0.2, 0.25) is 0 Å². The maximum absolute atomic E-state index is 13.8. The molecule has 2 bridgehead atoms. The van der Waals surface area contributed by atoms with Gasteiger partial charge in [-0.05, 0) is 63.3 Å². The van der Waals surface area contributed by atoms with Crippen LogP contribution in [-0.4, -0.2) is 65.0 Å². The Kier molecular flexibility index (Phi) is 8.59. The fraction of sp³-hybridized carbons (Fsp3) is 0.559. The lowest BCUT2D eigenvalue weighted by Crippen LogP contribution is -2.74. The van der Waals surface area contributed by atoms with E-state index < -0.39 is 64.7 Å². The van der Waals surface area contributed by atoms with Crippen molar-refractivity contribution in [3.8, 4) is 0 Å². The summed E-state index contributed by atoms with van der Waals surface area (Å²) in [7, 11) is 0. The highest BCUT2D eigenvalue weighted by Gasteiger charge is 2.79. The van der Waals surface area contributed by atoms with Gasteiger partial charge >= 0.3 is 23.9 Å². The SMILES string of the molecule is CC(=O)O[C@H]1CC[C@@H](C)[C@@]23C[C@@H]([C@H](OC(=O)C(C)C)[C@@H](OC(=O)c4ccccc4)C12COC(=O)c1cccnc1)C(C)(C)O3. The maximum Gasteiger partial charge on any atom is 0.339 e. The number of carbonyl (C=O) groups is 4. The Morgan fingerprint density at radius 3 is 2.30 bits per heavy atom. The summed E-state index contributed by atoms with van der Waals surface area (Å²) in [6, 6.07) is 11.7. The summed E-state index contributed by atoms with van der Waals surface area (Å²) in [5.74, 6) is -3.26. The van der Waals surface area contributed by atoms with Crippen LogP contribution in [0.5, 0.6) is 0 Å². The molecule has 0 radical (unpaired) electrons. The van der Waals surface area contributed by atoms with Gasteiger partial charge in [0.1, 0.15) is 24.2 Å². The summed E-state index contributed by atoms with van der Waals surface area (Å²) in [4.78, 5) is 57.1. The summed E-state index contributed by atoms with van der Waals surface area (Å²) in [6.07, 6.45) is 1.35. The van der Waals surface area contributed by atoms with Crippen molar-refractivity contribution in [2.24, 2.45) is 23.2 Å². The number of esters is 4. The quantitative estimate of drug-likeness (QED) is 0.301. The van der Waals surface area contributed by atoms with Gasteiger partial charge in [-0.15, -0.1) is 0 Å². The fourth-order valence-corrected chi connectivity index (χ4v) is 7.57. The molecule has 236 valence electrons. The van der Waals surface area contributed by atoms with Crippen LogP contribution < -0.4 is 0 Å². The summed E-state index contributed by atoms with van der Waals surface area (Å²) >= 11 is 0. The number of fused-ring (bicyclic) bond motifs is 1. The van der Waals surface area contributed by atoms with E-state index in [4.69, 9.17) is 23.7 Å². The maximum atomic E-state index is 13.8. The first-order valence-corrected chi connectivity index (χ1v) is 15.2. The van der Waals surface area contributed by atoms with E-state index in [1.165, 1.54) is 13.1 Å². The van der Waals surface area contributed by atoms with Crippen molar-refractivity contribution in [2.75, 3.05) is 6.61 Å². The van der Waals surface area contributed by atoms with Gasteiger partial charge in [0.25, 0.3) is 0 Å². The van der Waals surface area contributed by atoms with Crippen molar-refractivity contribution < 1.29 is 42.9 Å². The lowest BCUT2D eigenvalue weighted by Gasteiger charge is -2.61. The largest absolute Gasteiger partial charge is 0.462 e. The van der Waals surface area contributed by atoms with E-state index in [-0.39, 0.29) is 24.0 Å². The van der Waals surface area contributed by atoms with Gasteiger partial charge in [-0.3, -0.25) is 14.6 Å². The number of benzene rings is 1. The lowest BCUT2D eigenvalue weighted by molar-refractivity contribution is -0.287. The molecule has 7 atom stereocenters. The van der Waals surface area contributed by atoms with Crippen LogP contribution in [0.2, 0.25) is 0 Å². The van der Waals surface area contributed by atoms with E-state index in [1.807, 2.05) is 13.8 Å². The van der Waals surface area contributed by atoms with Crippen LogP contribution in [0.4, 0.5) is 0 Å². The van der Waals surface area contributed by atoms with Crippen LogP contribution in [0.15, 0.2) is 54.9 Å². The van der Waals surface area contributed by atoms with Gasteiger partial charge in [0.05, 0.1) is 28.2 Å². The second kappa shape index (κ2) is 12.0. The normalized spacial score (nSPS) is 31.8. The minimum absolute atomic E-state index is 0.115. The lowest BCUT2D eigenvalue weighted by atomic mass is 9.49. The van der Waals surface area contributed by atoms with Gasteiger partial charge in [0, 0.05) is 25.2 Å². The van der Waals surface area contributed by atoms with E-state index in [2.05, 4.69) is 11.9 Å². The number of aromatic nitrogens is 1. The highest BCUT2D eigenvalue weighted by molar-refractivity contribution is 5.90. The zero-order chi connectivity index (χ0) is 31.9. The molecule has 10 nitrogen and oxygen atoms in total. The van der Waals surface area contributed by atoms with Gasteiger partial charge in [-0.1, -0.05) is 39.0 Å². The molecule has 1 unspecified atom stereocenters. The average molecular weight is 608 g/mol. The molecule has 1 spiro atoms. The molecule has 1 aliphatic heterocycles. The zero-order valence-corrected chi connectivity index (χ0v) is 26.1. The van der Waals surface area contributed by atoms with Crippen LogP contribution in [0.3, 0.4) is 0 Å². The topological polar surface area (TPSA) is 127 Å². The van der Waals surface area contributed by atoms with Crippen molar-refractivity contribution >= 4 is 23.9 Å². The standard InChI is InChI=1S/C34H41NO9/c1-20(2)29(37)42-27-25-17-34(44-32(25,5)6)21(3)14-15-26(41-22(4)36)33(34,19-40-30(38)24-13-10-16-35-18-24)28(27)43-31(39)23-11-8-7-9-12-23/h7-13,16,18,20-21,25-28H,14-15,17,19H2,1-6H3/t21-,25+,26+,27+,28-,33?,34+/m1/s1. The zero-order valence-electron chi connectivity index (χ0n) is 26.1. The second-order valence-electron chi connectivity index (χ2n) is 13.1. The van der Waals surface area contributed by atoms with Crippen molar-refractivity contribution in [3.63, 3.8) is 0 Å². The van der Waals surface area contributed by atoms with E-state index in [9.17, 15) is 19.2 Å². The Morgan fingerprint density at radius 1 is 0.955 bits per heavy atom. The van der Waals surface area contributed by atoms with Crippen molar-refractivity contribution in [1.82, 2.24) is 4.98 Å². The fourth-order valence-electron chi connectivity index (χ4n) is 7.57. The molecule has 0 N–H and O–H groups in total. The highest BCUT2D eigenvalue weighted by Crippen LogP contribution is 2.67. The molecule has 2 heterocycles. The molecule has 1 saturated heterocycles. The number of rotatable bonds is 8. The number of ether oxygens (including phenoxy) is 5. The summed E-state index contributed by atoms with van der Waals surface area (Å²) in [5.41, 5.74) is -2.79. The molecular formula is C34H41NO9. The van der Waals surface area contributed by atoms with Crippen molar-refractivity contribution in [2.45, 2.75) is 90.3 Å². The minimum atomic E-state index is -1.43. The number of carbonyl (C=O) groups excluding carboxylic acids is 4. The highest BCUT2D eigenvalue weighted by atomic mass is 16.6. The Hall–Kier alpha value is -3.79. The Morgan fingerprint density at radius 2 is 1.66 bits per heavy atom.